The number of anilines is 2. The van der Waals surface area contributed by atoms with E-state index in [0.29, 0.717) is 79.3 Å². The molecule has 3 heterocycles. The molecule has 0 spiro atoms. The largest absolute Gasteiger partial charge is 0.491 e. The normalized spacial score (nSPS) is 17.1. The molecule has 6 rings (SSSR count). The Morgan fingerprint density at radius 3 is 2.74 bits per heavy atom. The van der Waals surface area contributed by atoms with Crippen molar-refractivity contribution < 1.29 is 17.9 Å². The quantitative estimate of drug-likeness (QED) is 0.381. The molecule has 0 saturated heterocycles. The molecule has 2 aromatic carbocycles. The lowest BCUT2D eigenvalue weighted by Crippen LogP contribution is -2.20. The highest BCUT2D eigenvalue weighted by atomic mass is 19.3. The molecular weight excluding hydrogens is 443 g/mol. The first-order chi connectivity index (χ1) is 16.5. The number of rotatable bonds is 5. The zero-order valence-corrected chi connectivity index (χ0v) is 18.8. The van der Waals surface area contributed by atoms with Crippen LogP contribution in [0.2, 0.25) is 0 Å². The number of hydrogen-bond acceptors (Lipinski definition) is 5. The first-order valence-corrected chi connectivity index (χ1v) is 11.6. The van der Waals surface area contributed by atoms with Gasteiger partial charge in [-0.25, -0.2) is 13.2 Å². The summed E-state index contributed by atoms with van der Waals surface area (Å²) < 4.78 is 50.1. The summed E-state index contributed by atoms with van der Waals surface area (Å²) >= 11 is 0. The monoisotopic (exact) mass is 467 g/mol. The third kappa shape index (κ3) is 3.28. The zero-order valence-electron chi connectivity index (χ0n) is 18.8. The Balaban J connectivity index is 1.48. The van der Waals surface area contributed by atoms with Gasteiger partial charge in [-0.05, 0) is 62.8 Å². The molecule has 1 aliphatic heterocycles. The van der Waals surface area contributed by atoms with E-state index in [1.807, 2.05) is 29.2 Å². The van der Waals surface area contributed by atoms with Crippen LogP contribution in [0, 0.1) is 18.2 Å². The van der Waals surface area contributed by atoms with Crippen molar-refractivity contribution in [2.24, 2.45) is 5.41 Å². The Hall–Kier alpha value is -3.36. The lowest BCUT2D eigenvalue weighted by atomic mass is 9.96. The number of aryl methyl sites for hydroxylation is 2. The molecule has 0 bridgehead atoms. The van der Waals surface area contributed by atoms with Gasteiger partial charge in [0.15, 0.2) is 0 Å². The molecule has 1 fully saturated rings. The second kappa shape index (κ2) is 7.85. The Kier molecular flexibility index (Phi) is 4.89. The second-order valence-corrected chi connectivity index (χ2v) is 9.23. The Morgan fingerprint density at radius 1 is 1.12 bits per heavy atom. The smallest absolute Gasteiger partial charge is 0.257 e. The molecule has 0 radical (unpaired) electrons. The Bertz CT molecular complexity index is 1400. The Morgan fingerprint density at radius 2 is 1.94 bits per heavy atom. The first kappa shape index (κ1) is 21.2. The average molecular weight is 467 g/mol. The van der Waals surface area contributed by atoms with Gasteiger partial charge in [-0.1, -0.05) is 18.2 Å². The van der Waals surface area contributed by atoms with Crippen molar-refractivity contribution in [1.29, 1.82) is 0 Å². The van der Waals surface area contributed by atoms with Crippen molar-refractivity contribution in [2.45, 2.75) is 45.5 Å². The van der Waals surface area contributed by atoms with Crippen LogP contribution >= 0.6 is 0 Å². The summed E-state index contributed by atoms with van der Waals surface area (Å²) in [4.78, 5) is 6.68. The molecule has 1 saturated carbocycles. The van der Waals surface area contributed by atoms with Crippen LogP contribution in [0.5, 0.6) is 5.75 Å². The van der Waals surface area contributed by atoms with E-state index >= 15 is 4.39 Å². The summed E-state index contributed by atoms with van der Waals surface area (Å²) in [6.45, 7) is 2.85. The van der Waals surface area contributed by atoms with Gasteiger partial charge < -0.3 is 9.64 Å². The van der Waals surface area contributed by atoms with Gasteiger partial charge >= 0.3 is 0 Å². The van der Waals surface area contributed by atoms with Crippen molar-refractivity contribution in [3.63, 3.8) is 0 Å². The van der Waals surface area contributed by atoms with Gasteiger partial charge in [-0.15, -0.1) is 10.2 Å². The number of para-hydroxylation sites is 1. The molecule has 6 nitrogen and oxygen atoms in total. The van der Waals surface area contributed by atoms with Crippen LogP contribution < -0.4 is 9.64 Å². The van der Waals surface area contributed by atoms with Crippen LogP contribution in [-0.2, 0) is 6.42 Å². The van der Waals surface area contributed by atoms with Crippen LogP contribution in [0.15, 0.2) is 36.4 Å². The summed E-state index contributed by atoms with van der Waals surface area (Å²) in [6.07, 6.45) is 0.463. The van der Waals surface area contributed by atoms with Crippen molar-refractivity contribution >= 4 is 28.2 Å². The number of nitrogens with zero attached hydrogens (tertiary/aromatic N) is 5. The molecule has 34 heavy (non-hydrogen) atoms. The van der Waals surface area contributed by atoms with Gasteiger partial charge in [0.05, 0.1) is 23.2 Å². The van der Waals surface area contributed by atoms with Crippen LogP contribution in [0.4, 0.5) is 24.7 Å². The van der Waals surface area contributed by atoms with E-state index in [4.69, 9.17) is 9.72 Å². The van der Waals surface area contributed by atoms with E-state index in [1.165, 1.54) is 6.07 Å². The van der Waals surface area contributed by atoms with Gasteiger partial charge in [-0.2, -0.15) is 4.98 Å². The van der Waals surface area contributed by atoms with Crippen molar-refractivity contribution in [2.75, 3.05) is 18.1 Å². The second-order valence-electron chi connectivity index (χ2n) is 9.23. The third-order valence-corrected chi connectivity index (χ3v) is 7.11. The van der Waals surface area contributed by atoms with Crippen molar-refractivity contribution in [1.82, 2.24) is 19.6 Å². The lowest BCUT2D eigenvalue weighted by Gasteiger charge is -2.26. The molecule has 176 valence electrons. The first-order valence-electron chi connectivity index (χ1n) is 11.6. The highest BCUT2D eigenvalue weighted by Crippen LogP contribution is 2.54. The molecule has 2 aromatic heterocycles. The molecule has 0 atom stereocenters. The minimum atomic E-state index is -2.30. The maximum Gasteiger partial charge on any atom is 0.257 e. The van der Waals surface area contributed by atoms with Gasteiger partial charge in [-0.3, -0.25) is 4.40 Å². The number of alkyl halides is 2. The Labute approximate surface area is 194 Å². The maximum absolute atomic E-state index is 15.2. The molecule has 1 aliphatic carbocycles. The van der Waals surface area contributed by atoms with Crippen LogP contribution in [-0.4, -0.2) is 39.2 Å². The van der Waals surface area contributed by atoms with Crippen LogP contribution in [0.3, 0.4) is 0 Å². The highest BCUT2D eigenvalue weighted by molar-refractivity contribution is 5.94. The van der Waals surface area contributed by atoms with E-state index < -0.39 is 11.8 Å². The van der Waals surface area contributed by atoms with Gasteiger partial charge in [0, 0.05) is 12.0 Å². The van der Waals surface area contributed by atoms with E-state index in [1.54, 1.807) is 17.4 Å². The van der Waals surface area contributed by atoms with Crippen LogP contribution in [0.1, 0.15) is 37.1 Å². The van der Waals surface area contributed by atoms with Crippen molar-refractivity contribution in [3.8, 4) is 5.75 Å². The topological polar surface area (TPSA) is 55.5 Å². The molecule has 0 unspecified atom stereocenters. The maximum atomic E-state index is 15.2. The van der Waals surface area contributed by atoms with Gasteiger partial charge in [0.25, 0.3) is 5.78 Å². The molecule has 0 amide bonds. The fourth-order valence-corrected chi connectivity index (χ4v) is 4.98. The van der Waals surface area contributed by atoms with E-state index in [-0.39, 0.29) is 5.82 Å². The molecule has 9 heteroatoms. The summed E-state index contributed by atoms with van der Waals surface area (Å²) in [5, 5.41) is 8.69. The third-order valence-electron chi connectivity index (χ3n) is 7.11. The molecule has 2 aliphatic rings. The minimum Gasteiger partial charge on any atom is -0.491 e. The molecular formula is C25H24F3N5O. The van der Waals surface area contributed by atoms with Gasteiger partial charge in [0.2, 0.25) is 6.43 Å². The SMILES string of the molecule is Cc1nnc2nc(N3CCCOc4c(CCC5(C(F)F)CC5)cccc43)c3c(F)cccc3n12. The number of aromatic nitrogens is 4. The summed E-state index contributed by atoms with van der Waals surface area (Å²) in [5.41, 5.74) is 1.43. The number of hydrogen-bond donors (Lipinski definition) is 0. The van der Waals surface area contributed by atoms with E-state index in [2.05, 4.69) is 10.2 Å². The number of halogens is 3. The standard InChI is InChI=1S/C25H24F3N5O/c1-15-30-31-24-29-22(20-17(26)6-3-7-18(20)33(15)24)32-13-4-14-34-21-16(5-2-8-19(21)32)9-10-25(11-12-25)23(27)28/h2-3,5-8,23H,4,9-14H2,1H3. The highest BCUT2D eigenvalue weighted by Gasteiger charge is 2.50. The zero-order chi connectivity index (χ0) is 23.4. The lowest BCUT2D eigenvalue weighted by molar-refractivity contribution is 0.0565. The molecule has 0 N–H and O–H groups in total. The minimum absolute atomic E-state index is 0.380. The fraction of sp³-hybridized carbons (Fsp3) is 0.400. The predicted octanol–water partition coefficient (Wildman–Crippen LogP) is 5.62. The fourth-order valence-electron chi connectivity index (χ4n) is 4.98. The van der Waals surface area contributed by atoms with Crippen molar-refractivity contribution in [3.05, 3.63) is 53.6 Å². The van der Waals surface area contributed by atoms with E-state index in [9.17, 15) is 8.78 Å². The average Bonchev–Trinajstić information content (AvgIpc) is 3.58. The predicted molar refractivity (Wildman–Crippen MR) is 123 cm³/mol. The molecule has 4 aromatic rings. The summed E-state index contributed by atoms with van der Waals surface area (Å²) in [5.74, 6) is 1.74. The summed E-state index contributed by atoms with van der Waals surface area (Å²) in [7, 11) is 0. The van der Waals surface area contributed by atoms with Crippen LogP contribution in [0.25, 0.3) is 16.7 Å². The summed E-state index contributed by atoms with van der Waals surface area (Å²) in [6, 6.07) is 10.7. The van der Waals surface area contributed by atoms with Gasteiger partial charge in [0.1, 0.15) is 23.2 Å². The number of ether oxygens (including phenoxy) is 1. The van der Waals surface area contributed by atoms with E-state index in [0.717, 1.165) is 11.3 Å². The number of benzene rings is 2. The number of fused-ring (bicyclic) bond motifs is 4.